The Morgan fingerprint density at radius 3 is 2.71 bits per heavy atom. The average molecular weight is 361 g/mol. The van der Waals surface area contributed by atoms with E-state index >= 15 is 0 Å². The third kappa shape index (κ3) is 6.16. The Kier molecular flexibility index (Phi) is 6.19. The molecule has 0 radical (unpaired) electrons. The van der Waals surface area contributed by atoms with Crippen LogP contribution in [-0.2, 0) is 11.8 Å². The topological polar surface area (TPSA) is 85.2 Å². The number of anilines is 1. The molecule has 1 aromatic heterocycles. The molecule has 0 aliphatic heterocycles. The van der Waals surface area contributed by atoms with E-state index in [2.05, 4.69) is 31.7 Å². The Balaban J connectivity index is 2.31. The van der Waals surface area contributed by atoms with Crippen molar-refractivity contribution in [2.24, 2.45) is 7.05 Å². The maximum atomic E-state index is 11.6. The lowest BCUT2D eigenvalue weighted by molar-refractivity contribution is 0.0528. The van der Waals surface area contributed by atoms with E-state index in [1.807, 2.05) is 20.8 Å². The smallest absolute Gasteiger partial charge is 0.407 e. The van der Waals surface area contributed by atoms with Gasteiger partial charge in [-0.3, -0.25) is 4.79 Å². The molecule has 21 heavy (non-hydrogen) atoms. The Morgan fingerprint density at radius 1 is 1.43 bits per heavy atom. The van der Waals surface area contributed by atoms with Crippen LogP contribution in [0.3, 0.4) is 0 Å². The van der Waals surface area contributed by atoms with Crippen molar-refractivity contribution in [2.75, 3.05) is 18.4 Å². The van der Waals surface area contributed by atoms with Gasteiger partial charge in [0.1, 0.15) is 10.1 Å². The van der Waals surface area contributed by atoms with Crippen molar-refractivity contribution in [3.05, 3.63) is 21.0 Å². The van der Waals surface area contributed by atoms with E-state index in [0.717, 1.165) is 0 Å². The van der Waals surface area contributed by atoms with Crippen molar-refractivity contribution in [2.45, 2.75) is 32.8 Å². The highest BCUT2D eigenvalue weighted by molar-refractivity contribution is 9.10. The summed E-state index contributed by atoms with van der Waals surface area (Å²) in [6, 6.07) is 0. The quantitative estimate of drug-likeness (QED) is 0.782. The molecule has 0 saturated heterocycles. The van der Waals surface area contributed by atoms with E-state index in [1.54, 1.807) is 13.2 Å². The van der Waals surface area contributed by atoms with Crippen LogP contribution in [0, 0.1) is 0 Å². The number of carbonyl (C=O) groups is 1. The first-order chi connectivity index (χ1) is 9.70. The van der Waals surface area contributed by atoms with E-state index in [4.69, 9.17) is 4.74 Å². The maximum Gasteiger partial charge on any atom is 0.407 e. The summed E-state index contributed by atoms with van der Waals surface area (Å²) < 4.78 is 6.81. The van der Waals surface area contributed by atoms with Crippen LogP contribution in [0.4, 0.5) is 10.5 Å². The number of nitrogens with zero attached hydrogens (tertiary/aromatic N) is 2. The molecule has 0 aliphatic rings. The normalized spacial score (nSPS) is 11.1. The Bertz CT molecular complexity index is 551. The number of amides is 1. The predicted molar refractivity (Wildman–Crippen MR) is 84.5 cm³/mol. The number of aryl methyl sites for hydroxylation is 1. The molecule has 1 aromatic rings. The van der Waals surface area contributed by atoms with Gasteiger partial charge < -0.3 is 15.4 Å². The van der Waals surface area contributed by atoms with E-state index < -0.39 is 11.7 Å². The molecule has 0 bridgehead atoms. The van der Waals surface area contributed by atoms with Crippen LogP contribution in [0.25, 0.3) is 0 Å². The largest absolute Gasteiger partial charge is 0.444 e. The summed E-state index contributed by atoms with van der Waals surface area (Å²) >= 11 is 3.23. The Hall–Kier alpha value is -1.57. The summed E-state index contributed by atoms with van der Waals surface area (Å²) in [6.07, 6.45) is 1.84. The lowest BCUT2D eigenvalue weighted by Gasteiger charge is -2.19. The van der Waals surface area contributed by atoms with Crippen molar-refractivity contribution in [1.29, 1.82) is 0 Å². The highest BCUT2D eigenvalue weighted by Gasteiger charge is 2.15. The molecule has 7 nitrogen and oxygen atoms in total. The fraction of sp³-hybridized carbons (Fsp3) is 0.615. The summed E-state index contributed by atoms with van der Waals surface area (Å²) in [7, 11) is 1.58. The van der Waals surface area contributed by atoms with Crippen LogP contribution in [0.1, 0.15) is 27.2 Å². The first kappa shape index (κ1) is 17.5. The minimum absolute atomic E-state index is 0.202. The van der Waals surface area contributed by atoms with Crippen LogP contribution >= 0.6 is 15.9 Å². The second-order valence-electron chi connectivity index (χ2n) is 5.51. The third-order valence-electron chi connectivity index (χ3n) is 2.42. The van der Waals surface area contributed by atoms with Crippen LogP contribution in [0.15, 0.2) is 15.5 Å². The third-order valence-corrected chi connectivity index (χ3v) is 3.18. The molecule has 1 rings (SSSR count). The molecule has 0 saturated carbocycles. The van der Waals surface area contributed by atoms with Crippen molar-refractivity contribution in [3.63, 3.8) is 0 Å². The molecule has 0 fully saturated rings. The van der Waals surface area contributed by atoms with Gasteiger partial charge in [0.15, 0.2) is 0 Å². The number of nitrogens with one attached hydrogen (secondary N) is 2. The summed E-state index contributed by atoms with van der Waals surface area (Å²) in [5, 5.41) is 9.68. The zero-order chi connectivity index (χ0) is 16.0. The van der Waals surface area contributed by atoms with Crippen molar-refractivity contribution in [1.82, 2.24) is 15.1 Å². The molecule has 1 heterocycles. The zero-order valence-electron chi connectivity index (χ0n) is 12.7. The second kappa shape index (κ2) is 7.44. The minimum Gasteiger partial charge on any atom is -0.444 e. The van der Waals surface area contributed by atoms with Gasteiger partial charge in [-0.05, 0) is 43.1 Å². The molecule has 8 heteroatoms. The number of hydrogen-bond donors (Lipinski definition) is 2. The van der Waals surface area contributed by atoms with Gasteiger partial charge >= 0.3 is 6.09 Å². The van der Waals surface area contributed by atoms with E-state index in [9.17, 15) is 9.59 Å². The highest BCUT2D eigenvalue weighted by Crippen LogP contribution is 2.15. The Labute approximate surface area is 132 Å². The Morgan fingerprint density at radius 2 is 2.10 bits per heavy atom. The fourth-order valence-electron chi connectivity index (χ4n) is 1.45. The molecule has 118 valence electrons. The van der Waals surface area contributed by atoms with Gasteiger partial charge in [0.05, 0.1) is 11.9 Å². The number of aromatic nitrogens is 2. The summed E-state index contributed by atoms with van der Waals surface area (Å²) in [6.45, 7) is 6.53. The van der Waals surface area contributed by atoms with E-state index in [1.165, 1.54) is 4.68 Å². The van der Waals surface area contributed by atoms with Crippen molar-refractivity contribution in [3.8, 4) is 0 Å². The van der Waals surface area contributed by atoms with Crippen LogP contribution in [-0.4, -0.2) is 34.6 Å². The first-order valence-corrected chi connectivity index (χ1v) is 7.42. The maximum absolute atomic E-state index is 11.6. The molecule has 0 spiro atoms. The average Bonchev–Trinajstić information content (AvgIpc) is 2.36. The number of hydrogen-bond acceptors (Lipinski definition) is 5. The van der Waals surface area contributed by atoms with Gasteiger partial charge in [-0.25, -0.2) is 9.48 Å². The minimum atomic E-state index is -0.497. The monoisotopic (exact) mass is 360 g/mol. The lowest BCUT2D eigenvalue weighted by Crippen LogP contribution is -2.33. The number of rotatable bonds is 5. The van der Waals surface area contributed by atoms with Gasteiger partial charge in [0, 0.05) is 20.1 Å². The summed E-state index contributed by atoms with van der Waals surface area (Å²) in [5.41, 5.74) is -0.0644. The second-order valence-corrected chi connectivity index (χ2v) is 6.30. The molecule has 0 aromatic carbocycles. The molecule has 1 amide bonds. The molecule has 0 atom stereocenters. The predicted octanol–water partition coefficient (Wildman–Crippen LogP) is 1.87. The van der Waals surface area contributed by atoms with E-state index in [-0.39, 0.29) is 5.56 Å². The SMILES string of the molecule is Cn1ncc(NCCCNC(=O)OC(C)(C)C)c(Br)c1=O. The highest BCUT2D eigenvalue weighted by atomic mass is 79.9. The fourth-order valence-corrected chi connectivity index (χ4v) is 1.95. The molecule has 0 unspecified atom stereocenters. The zero-order valence-corrected chi connectivity index (χ0v) is 14.3. The van der Waals surface area contributed by atoms with E-state index in [0.29, 0.717) is 29.7 Å². The van der Waals surface area contributed by atoms with Gasteiger partial charge in [0.2, 0.25) is 0 Å². The van der Waals surface area contributed by atoms with Crippen molar-refractivity contribution >= 4 is 27.7 Å². The summed E-state index contributed by atoms with van der Waals surface area (Å²) in [5.74, 6) is 0. The molecule has 2 N–H and O–H groups in total. The molecular weight excluding hydrogens is 340 g/mol. The molecule has 0 aliphatic carbocycles. The first-order valence-electron chi connectivity index (χ1n) is 6.63. The van der Waals surface area contributed by atoms with Gasteiger partial charge in [-0.2, -0.15) is 5.10 Å². The molecular formula is C13H21BrN4O3. The standard InChI is InChI=1S/C13H21BrN4O3/c1-13(2,3)21-12(20)16-7-5-6-15-9-8-17-18(4)11(19)10(9)14/h8,15H,5-7H2,1-4H3,(H,16,20). The van der Waals surface area contributed by atoms with Gasteiger partial charge in [0.25, 0.3) is 5.56 Å². The number of carbonyl (C=O) groups excluding carboxylic acids is 1. The summed E-state index contributed by atoms with van der Waals surface area (Å²) in [4.78, 5) is 23.1. The van der Waals surface area contributed by atoms with Crippen LogP contribution in [0.5, 0.6) is 0 Å². The number of alkyl carbamates (subject to hydrolysis) is 1. The van der Waals surface area contributed by atoms with Crippen molar-refractivity contribution < 1.29 is 9.53 Å². The lowest BCUT2D eigenvalue weighted by atomic mass is 10.2. The number of halogens is 1. The van der Waals surface area contributed by atoms with Gasteiger partial charge in [-0.15, -0.1) is 0 Å². The number of ether oxygens (including phenoxy) is 1. The van der Waals surface area contributed by atoms with Crippen LogP contribution < -0.4 is 16.2 Å². The van der Waals surface area contributed by atoms with Gasteiger partial charge in [-0.1, -0.05) is 0 Å². The van der Waals surface area contributed by atoms with Crippen LogP contribution in [0.2, 0.25) is 0 Å².